The molecular formula is C17H32N2O2. The minimum Gasteiger partial charge on any atom is -0.378 e. The Morgan fingerprint density at radius 3 is 2.52 bits per heavy atom. The molecule has 2 rings (SSSR count). The molecule has 0 bridgehead atoms. The second-order valence-corrected chi connectivity index (χ2v) is 7.45. The molecule has 0 aromatic rings. The number of rotatable bonds is 7. The predicted octanol–water partition coefficient (Wildman–Crippen LogP) is 2.77. The largest absolute Gasteiger partial charge is 0.378 e. The van der Waals surface area contributed by atoms with E-state index in [1.54, 1.807) is 0 Å². The van der Waals surface area contributed by atoms with Crippen molar-refractivity contribution in [2.45, 2.75) is 78.1 Å². The predicted molar refractivity (Wildman–Crippen MR) is 84.9 cm³/mol. The second kappa shape index (κ2) is 7.59. The van der Waals surface area contributed by atoms with Crippen LogP contribution in [0.5, 0.6) is 0 Å². The van der Waals surface area contributed by atoms with Gasteiger partial charge in [0, 0.05) is 13.2 Å². The zero-order chi connectivity index (χ0) is 15.4. The molecule has 0 aliphatic carbocycles. The Morgan fingerprint density at radius 1 is 1.24 bits per heavy atom. The molecule has 2 aliphatic rings. The van der Waals surface area contributed by atoms with Crippen LogP contribution in [-0.2, 0) is 9.53 Å². The smallest absolute Gasteiger partial charge is 0.241 e. The van der Waals surface area contributed by atoms with E-state index in [0.29, 0.717) is 23.8 Å². The lowest BCUT2D eigenvalue weighted by Gasteiger charge is -2.26. The Balaban J connectivity index is 1.93. The molecule has 2 aliphatic heterocycles. The number of ether oxygens (including phenoxy) is 1. The van der Waals surface area contributed by atoms with Gasteiger partial charge in [0.15, 0.2) is 0 Å². The van der Waals surface area contributed by atoms with Crippen LogP contribution in [0, 0.1) is 11.8 Å². The minimum atomic E-state index is 0.0123. The van der Waals surface area contributed by atoms with Gasteiger partial charge in [0.05, 0.1) is 18.3 Å². The van der Waals surface area contributed by atoms with Crippen LogP contribution in [-0.4, -0.2) is 42.3 Å². The first-order valence-electron chi connectivity index (χ1n) is 8.65. The number of nitrogens with one attached hydrogen (secondary N) is 1. The van der Waals surface area contributed by atoms with E-state index in [1.165, 1.54) is 6.42 Å². The first-order chi connectivity index (χ1) is 9.97. The average molecular weight is 296 g/mol. The van der Waals surface area contributed by atoms with Gasteiger partial charge in [0.25, 0.3) is 0 Å². The lowest BCUT2D eigenvalue weighted by atomic mass is 10.0. The van der Waals surface area contributed by atoms with Crippen LogP contribution in [0.15, 0.2) is 0 Å². The summed E-state index contributed by atoms with van der Waals surface area (Å²) in [6.07, 6.45) is 5.85. The fraction of sp³-hybridized carbons (Fsp3) is 0.941. The van der Waals surface area contributed by atoms with Gasteiger partial charge in [-0.1, -0.05) is 27.7 Å². The van der Waals surface area contributed by atoms with Gasteiger partial charge in [-0.2, -0.15) is 0 Å². The van der Waals surface area contributed by atoms with Crippen molar-refractivity contribution in [2.24, 2.45) is 11.8 Å². The number of carbonyl (C=O) groups is 1. The van der Waals surface area contributed by atoms with Crippen LogP contribution in [0.1, 0.15) is 59.8 Å². The monoisotopic (exact) mass is 296 g/mol. The van der Waals surface area contributed by atoms with Crippen LogP contribution < -0.4 is 5.32 Å². The highest BCUT2D eigenvalue weighted by molar-refractivity contribution is 5.84. The highest BCUT2D eigenvalue weighted by atomic mass is 16.5. The molecule has 3 atom stereocenters. The van der Waals surface area contributed by atoms with Crippen molar-refractivity contribution in [2.75, 3.05) is 13.2 Å². The molecule has 0 aromatic carbocycles. The highest BCUT2D eigenvalue weighted by Gasteiger charge is 2.39. The lowest BCUT2D eigenvalue weighted by molar-refractivity contribution is -0.130. The van der Waals surface area contributed by atoms with Crippen molar-refractivity contribution in [3.63, 3.8) is 0 Å². The van der Waals surface area contributed by atoms with E-state index < -0.39 is 0 Å². The summed E-state index contributed by atoms with van der Waals surface area (Å²) in [5.41, 5.74) is 0. The van der Waals surface area contributed by atoms with Crippen molar-refractivity contribution in [3.05, 3.63) is 0 Å². The van der Waals surface area contributed by atoms with Crippen LogP contribution in [0.2, 0.25) is 0 Å². The van der Waals surface area contributed by atoms with E-state index in [4.69, 9.17) is 4.74 Å². The number of amides is 1. The fourth-order valence-corrected chi connectivity index (χ4v) is 3.45. The molecule has 122 valence electrons. The summed E-state index contributed by atoms with van der Waals surface area (Å²) in [6, 6.07) is 0.0123. The Hall–Kier alpha value is -0.610. The minimum absolute atomic E-state index is 0.0123. The summed E-state index contributed by atoms with van der Waals surface area (Å²) in [6.45, 7) is 10.5. The molecule has 0 spiro atoms. The third kappa shape index (κ3) is 4.68. The van der Waals surface area contributed by atoms with Gasteiger partial charge in [0.2, 0.25) is 5.91 Å². The van der Waals surface area contributed by atoms with Gasteiger partial charge in [-0.25, -0.2) is 0 Å². The standard InChI is InChI=1S/C17H32N2O2/c1-12(2)10-15-17(20)19(16(18-15)11-13(3)4)8-7-14-6-5-9-21-14/h12-16,18H,5-11H2,1-4H3. The molecule has 4 nitrogen and oxygen atoms in total. The van der Waals surface area contributed by atoms with Gasteiger partial charge in [-0.15, -0.1) is 0 Å². The molecular weight excluding hydrogens is 264 g/mol. The van der Waals surface area contributed by atoms with Crippen molar-refractivity contribution >= 4 is 5.91 Å². The number of hydrogen-bond donors (Lipinski definition) is 1. The Labute approximate surface area is 129 Å². The number of nitrogens with zero attached hydrogens (tertiary/aromatic N) is 1. The first kappa shape index (κ1) is 16.8. The molecule has 0 saturated carbocycles. The van der Waals surface area contributed by atoms with Crippen molar-refractivity contribution < 1.29 is 9.53 Å². The number of hydrogen-bond acceptors (Lipinski definition) is 3. The molecule has 0 radical (unpaired) electrons. The quantitative estimate of drug-likeness (QED) is 0.785. The van der Waals surface area contributed by atoms with Crippen LogP contribution >= 0.6 is 0 Å². The van der Waals surface area contributed by atoms with Crippen molar-refractivity contribution in [1.82, 2.24) is 10.2 Å². The summed E-state index contributed by atoms with van der Waals surface area (Å²) in [5, 5.41) is 3.56. The van der Waals surface area contributed by atoms with E-state index in [2.05, 4.69) is 37.9 Å². The Kier molecular flexibility index (Phi) is 6.06. The zero-order valence-electron chi connectivity index (χ0n) is 14.1. The molecule has 1 amide bonds. The highest BCUT2D eigenvalue weighted by Crippen LogP contribution is 2.23. The van der Waals surface area contributed by atoms with Gasteiger partial charge < -0.3 is 9.64 Å². The molecule has 4 heteroatoms. The zero-order valence-corrected chi connectivity index (χ0v) is 14.1. The van der Waals surface area contributed by atoms with E-state index in [1.807, 2.05) is 0 Å². The van der Waals surface area contributed by atoms with Gasteiger partial charge in [-0.05, 0) is 43.9 Å². The van der Waals surface area contributed by atoms with Gasteiger partial charge in [-0.3, -0.25) is 10.1 Å². The van der Waals surface area contributed by atoms with E-state index in [9.17, 15) is 4.79 Å². The normalized spacial score (nSPS) is 30.1. The summed E-state index contributed by atoms with van der Waals surface area (Å²) in [7, 11) is 0. The van der Waals surface area contributed by atoms with Crippen LogP contribution in [0.25, 0.3) is 0 Å². The topological polar surface area (TPSA) is 41.6 Å². The third-order valence-corrected chi connectivity index (χ3v) is 4.47. The maximum atomic E-state index is 12.7. The summed E-state index contributed by atoms with van der Waals surface area (Å²) in [5.74, 6) is 1.44. The second-order valence-electron chi connectivity index (χ2n) is 7.45. The number of carbonyl (C=O) groups excluding carboxylic acids is 1. The molecule has 1 N–H and O–H groups in total. The van der Waals surface area contributed by atoms with Crippen molar-refractivity contribution in [3.8, 4) is 0 Å². The molecule has 3 unspecified atom stereocenters. The van der Waals surface area contributed by atoms with Gasteiger partial charge in [0.1, 0.15) is 0 Å². The van der Waals surface area contributed by atoms with Crippen LogP contribution in [0.3, 0.4) is 0 Å². The summed E-state index contributed by atoms with van der Waals surface area (Å²) >= 11 is 0. The molecule has 2 heterocycles. The maximum Gasteiger partial charge on any atom is 0.241 e. The fourth-order valence-electron chi connectivity index (χ4n) is 3.45. The first-order valence-corrected chi connectivity index (χ1v) is 8.65. The average Bonchev–Trinajstić information content (AvgIpc) is 2.97. The lowest BCUT2D eigenvalue weighted by Crippen LogP contribution is -2.39. The summed E-state index contributed by atoms with van der Waals surface area (Å²) < 4.78 is 5.70. The van der Waals surface area contributed by atoms with Crippen LogP contribution in [0.4, 0.5) is 0 Å². The molecule has 2 fully saturated rings. The molecule has 2 saturated heterocycles. The maximum absolute atomic E-state index is 12.7. The summed E-state index contributed by atoms with van der Waals surface area (Å²) in [4.78, 5) is 14.7. The Morgan fingerprint density at radius 2 is 1.95 bits per heavy atom. The molecule has 21 heavy (non-hydrogen) atoms. The Bertz CT molecular complexity index is 338. The SMILES string of the molecule is CC(C)CC1NC(CC(C)C)N(CCC2CCCO2)C1=O. The third-order valence-electron chi connectivity index (χ3n) is 4.47. The van der Waals surface area contributed by atoms with E-state index in [0.717, 1.165) is 38.8 Å². The van der Waals surface area contributed by atoms with Gasteiger partial charge >= 0.3 is 0 Å². The van der Waals surface area contributed by atoms with Crippen molar-refractivity contribution in [1.29, 1.82) is 0 Å². The van der Waals surface area contributed by atoms with E-state index >= 15 is 0 Å². The van der Waals surface area contributed by atoms with E-state index in [-0.39, 0.29) is 12.2 Å². The molecule has 0 aromatic heterocycles.